The Hall–Kier alpha value is -0.520. The van der Waals surface area contributed by atoms with Crippen LogP contribution in [-0.2, 0) is 0 Å². The number of hydrogen-bond donors (Lipinski definition) is 0. The van der Waals surface area contributed by atoms with Gasteiger partial charge in [0.1, 0.15) is 0 Å². The second kappa shape index (κ2) is 29.5. The van der Waals surface area contributed by atoms with Crippen LogP contribution in [0.4, 0.5) is 0 Å². The molecule has 31 heavy (non-hydrogen) atoms. The smallest absolute Gasteiger partial charge is 0.0351 e. The standard InChI is InChI=1S/C31H60/c1-3-5-7-9-11-13-15-17-19-21-23-25-27-29-31-30-28-26-24-22-20-18-16-14-12-10-8-6-4-2/h3,18,20H,1,4-17,19,21-31H2,2H3. The zero-order valence-electron chi connectivity index (χ0n) is 21.8. The summed E-state index contributed by atoms with van der Waals surface area (Å²) < 4.78 is 0. The van der Waals surface area contributed by atoms with E-state index in [1.165, 1.54) is 167 Å². The average molecular weight is 433 g/mol. The van der Waals surface area contributed by atoms with E-state index < -0.39 is 0 Å². The van der Waals surface area contributed by atoms with Crippen molar-refractivity contribution >= 4 is 0 Å². The van der Waals surface area contributed by atoms with Gasteiger partial charge in [-0.1, -0.05) is 154 Å². The monoisotopic (exact) mass is 432 g/mol. The Labute approximate surface area is 198 Å². The number of unbranched alkanes of at least 4 members (excludes halogenated alkanes) is 24. The molecule has 184 valence electrons. The SMILES string of the molecule is C=CCCCCCCCCCCCCCCCCCCCC=CCCCCCCCC. The van der Waals surface area contributed by atoms with Gasteiger partial charge in [0, 0.05) is 0 Å². The van der Waals surface area contributed by atoms with E-state index in [1.807, 2.05) is 0 Å². The highest BCUT2D eigenvalue weighted by atomic mass is 14.0. The van der Waals surface area contributed by atoms with Gasteiger partial charge >= 0.3 is 0 Å². The molecule has 0 aromatic carbocycles. The van der Waals surface area contributed by atoms with Crippen molar-refractivity contribution in [2.45, 2.75) is 174 Å². The van der Waals surface area contributed by atoms with Crippen molar-refractivity contribution in [1.29, 1.82) is 0 Å². The van der Waals surface area contributed by atoms with Gasteiger partial charge in [-0.25, -0.2) is 0 Å². The molecule has 0 amide bonds. The molecule has 0 spiro atoms. The molecule has 0 unspecified atom stereocenters. The molecule has 0 radical (unpaired) electrons. The lowest BCUT2D eigenvalue weighted by molar-refractivity contribution is 0.526. The fraction of sp³-hybridized carbons (Fsp3) is 0.871. The van der Waals surface area contributed by atoms with Crippen LogP contribution >= 0.6 is 0 Å². The summed E-state index contributed by atoms with van der Waals surface area (Å²) in [4.78, 5) is 0. The van der Waals surface area contributed by atoms with Gasteiger partial charge in [0.25, 0.3) is 0 Å². The van der Waals surface area contributed by atoms with Crippen LogP contribution in [0.5, 0.6) is 0 Å². The van der Waals surface area contributed by atoms with Crippen LogP contribution in [-0.4, -0.2) is 0 Å². The molecule has 0 N–H and O–H groups in total. The molecule has 0 rings (SSSR count). The summed E-state index contributed by atoms with van der Waals surface area (Å²) in [6.07, 6.45) is 43.9. The fourth-order valence-corrected chi connectivity index (χ4v) is 4.48. The molecule has 0 atom stereocenters. The van der Waals surface area contributed by atoms with Crippen LogP contribution in [0.15, 0.2) is 24.8 Å². The Kier molecular flexibility index (Phi) is 29.0. The molecule has 0 saturated carbocycles. The molecule has 0 aliphatic carbocycles. The third kappa shape index (κ3) is 29.5. The number of hydrogen-bond acceptors (Lipinski definition) is 0. The quantitative estimate of drug-likeness (QED) is 0.0893. The minimum absolute atomic E-state index is 1.21. The van der Waals surface area contributed by atoms with Gasteiger partial charge in [-0.15, -0.1) is 6.58 Å². The minimum Gasteiger partial charge on any atom is -0.103 e. The summed E-state index contributed by atoms with van der Waals surface area (Å²) in [7, 11) is 0. The summed E-state index contributed by atoms with van der Waals surface area (Å²) in [5.74, 6) is 0. The maximum atomic E-state index is 3.79. The Morgan fingerprint density at radius 3 is 0.903 bits per heavy atom. The highest BCUT2D eigenvalue weighted by Crippen LogP contribution is 2.15. The summed E-state index contributed by atoms with van der Waals surface area (Å²) in [5.41, 5.74) is 0. The van der Waals surface area contributed by atoms with Crippen LogP contribution in [0, 0.1) is 0 Å². The van der Waals surface area contributed by atoms with Gasteiger partial charge < -0.3 is 0 Å². The van der Waals surface area contributed by atoms with Crippen LogP contribution in [0.25, 0.3) is 0 Å². The molecule has 0 fully saturated rings. The number of allylic oxidation sites excluding steroid dienone is 3. The first-order valence-corrected chi connectivity index (χ1v) is 14.7. The van der Waals surface area contributed by atoms with E-state index in [4.69, 9.17) is 0 Å². The summed E-state index contributed by atoms with van der Waals surface area (Å²) in [6.45, 7) is 6.09. The minimum atomic E-state index is 1.21. The molecule has 0 nitrogen and oxygen atoms in total. The molecule has 0 aromatic heterocycles. The van der Waals surface area contributed by atoms with E-state index in [1.54, 1.807) is 0 Å². The zero-order chi connectivity index (χ0) is 22.5. The van der Waals surface area contributed by atoms with E-state index in [-0.39, 0.29) is 0 Å². The van der Waals surface area contributed by atoms with Gasteiger partial charge in [-0.05, 0) is 38.5 Å². The first-order valence-electron chi connectivity index (χ1n) is 14.7. The molecule has 0 heterocycles. The van der Waals surface area contributed by atoms with E-state index in [0.29, 0.717) is 0 Å². The van der Waals surface area contributed by atoms with Gasteiger partial charge in [0.05, 0.1) is 0 Å². The van der Waals surface area contributed by atoms with Gasteiger partial charge in [0.2, 0.25) is 0 Å². The Morgan fingerprint density at radius 1 is 0.355 bits per heavy atom. The molecular formula is C31H60. The van der Waals surface area contributed by atoms with Crippen molar-refractivity contribution in [2.24, 2.45) is 0 Å². The predicted octanol–water partition coefficient (Wildman–Crippen LogP) is 11.9. The fourth-order valence-electron chi connectivity index (χ4n) is 4.48. The van der Waals surface area contributed by atoms with Crippen molar-refractivity contribution in [3.05, 3.63) is 24.8 Å². The number of rotatable bonds is 27. The Morgan fingerprint density at radius 2 is 0.613 bits per heavy atom. The zero-order valence-corrected chi connectivity index (χ0v) is 21.8. The summed E-state index contributed by atoms with van der Waals surface area (Å²) >= 11 is 0. The summed E-state index contributed by atoms with van der Waals surface area (Å²) in [6, 6.07) is 0. The third-order valence-corrected chi connectivity index (χ3v) is 6.67. The van der Waals surface area contributed by atoms with Crippen LogP contribution in [0.3, 0.4) is 0 Å². The van der Waals surface area contributed by atoms with Gasteiger partial charge in [-0.3, -0.25) is 0 Å². The van der Waals surface area contributed by atoms with E-state index in [9.17, 15) is 0 Å². The lowest BCUT2D eigenvalue weighted by Crippen LogP contribution is -1.84. The Balaban J connectivity index is 3.05. The summed E-state index contributed by atoms with van der Waals surface area (Å²) in [5, 5.41) is 0. The second-order valence-corrected chi connectivity index (χ2v) is 9.90. The van der Waals surface area contributed by atoms with Crippen LogP contribution in [0.1, 0.15) is 174 Å². The molecule has 0 aliphatic heterocycles. The van der Waals surface area contributed by atoms with Crippen molar-refractivity contribution < 1.29 is 0 Å². The highest BCUT2D eigenvalue weighted by Gasteiger charge is 1.95. The third-order valence-electron chi connectivity index (χ3n) is 6.67. The molecule has 0 saturated heterocycles. The normalized spacial score (nSPS) is 11.5. The van der Waals surface area contributed by atoms with Crippen molar-refractivity contribution in [1.82, 2.24) is 0 Å². The lowest BCUT2D eigenvalue weighted by atomic mass is 10.0. The molecule has 0 heteroatoms. The molecular weight excluding hydrogens is 372 g/mol. The van der Waals surface area contributed by atoms with Crippen molar-refractivity contribution in [3.63, 3.8) is 0 Å². The topological polar surface area (TPSA) is 0 Å². The maximum absolute atomic E-state index is 3.79. The van der Waals surface area contributed by atoms with Crippen LogP contribution in [0.2, 0.25) is 0 Å². The average Bonchev–Trinajstić information content (AvgIpc) is 2.78. The second-order valence-electron chi connectivity index (χ2n) is 9.90. The maximum Gasteiger partial charge on any atom is -0.0351 e. The van der Waals surface area contributed by atoms with Crippen LogP contribution < -0.4 is 0 Å². The molecule has 0 aromatic rings. The Bertz CT molecular complexity index is 340. The van der Waals surface area contributed by atoms with Crippen molar-refractivity contribution in [2.75, 3.05) is 0 Å². The van der Waals surface area contributed by atoms with Gasteiger partial charge in [-0.2, -0.15) is 0 Å². The lowest BCUT2D eigenvalue weighted by Gasteiger charge is -2.03. The first kappa shape index (κ1) is 30.5. The first-order chi connectivity index (χ1) is 15.4. The van der Waals surface area contributed by atoms with E-state index in [2.05, 4.69) is 31.7 Å². The largest absolute Gasteiger partial charge is 0.103 e. The van der Waals surface area contributed by atoms with E-state index in [0.717, 1.165) is 0 Å². The van der Waals surface area contributed by atoms with Crippen molar-refractivity contribution in [3.8, 4) is 0 Å². The predicted molar refractivity (Wildman–Crippen MR) is 145 cm³/mol. The van der Waals surface area contributed by atoms with E-state index >= 15 is 0 Å². The molecule has 0 bridgehead atoms. The van der Waals surface area contributed by atoms with Gasteiger partial charge in [0.15, 0.2) is 0 Å². The highest BCUT2D eigenvalue weighted by molar-refractivity contribution is 4.81. The molecule has 0 aliphatic rings.